The molecule has 0 aliphatic carbocycles. The van der Waals surface area contributed by atoms with Gasteiger partial charge in [-0.3, -0.25) is 4.90 Å². The summed E-state index contributed by atoms with van der Waals surface area (Å²) in [5.74, 6) is -0.124. The van der Waals surface area contributed by atoms with E-state index in [4.69, 9.17) is 10.00 Å². The second-order valence-electron chi connectivity index (χ2n) is 7.59. The Morgan fingerprint density at radius 3 is 2.56 bits per heavy atom. The summed E-state index contributed by atoms with van der Waals surface area (Å²) in [6.45, 7) is 9.69. The Balaban J connectivity index is 2.04. The largest absolute Gasteiger partial charge is 0.459 e. The van der Waals surface area contributed by atoms with E-state index in [-0.39, 0.29) is 24.0 Å². The van der Waals surface area contributed by atoms with Crippen LogP contribution in [0.3, 0.4) is 0 Å². The highest BCUT2D eigenvalue weighted by atomic mass is 79.9. The van der Waals surface area contributed by atoms with Crippen molar-refractivity contribution in [1.29, 1.82) is 5.26 Å². The molecule has 0 N–H and O–H groups in total. The summed E-state index contributed by atoms with van der Waals surface area (Å²) in [6, 6.07) is 6.45. The molecule has 0 spiro atoms. The number of hydrogen-bond acceptors (Lipinski definition) is 4. The number of carbonyl (C=O) groups is 1. The van der Waals surface area contributed by atoms with Gasteiger partial charge < -0.3 is 9.14 Å². The molecular weight excluding hydrogens is 406 g/mol. The molecule has 1 atom stereocenters. The highest BCUT2D eigenvalue weighted by Crippen LogP contribution is 2.32. The maximum atomic E-state index is 12.7. The molecule has 2 aromatic rings. The molecule has 27 heavy (non-hydrogen) atoms. The van der Waals surface area contributed by atoms with Crippen molar-refractivity contribution in [3.63, 3.8) is 0 Å². The number of rotatable bonds is 4. The van der Waals surface area contributed by atoms with E-state index in [0.29, 0.717) is 5.56 Å². The van der Waals surface area contributed by atoms with E-state index in [1.165, 1.54) is 0 Å². The van der Waals surface area contributed by atoms with E-state index in [2.05, 4.69) is 38.2 Å². The third kappa shape index (κ3) is 4.04. The number of pyridine rings is 1. The Labute approximate surface area is 169 Å². The van der Waals surface area contributed by atoms with E-state index in [9.17, 15) is 4.79 Å². The first-order chi connectivity index (χ1) is 12.8. The topological polar surface area (TPSA) is 57.7 Å². The molecule has 5 nitrogen and oxygen atoms in total. The molecule has 1 unspecified atom stereocenters. The first-order valence-corrected chi connectivity index (χ1v) is 10.3. The molecule has 1 saturated heterocycles. The SMILES string of the molecule is Cc1c(C(=O)OC(C)C)cc2cc(Br)cn2c1C(C)N1CCC(C#N)CC1. The van der Waals surface area contributed by atoms with Crippen molar-refractivity contribution in [3.05, 3.63) is 39.6 Å². The fraction of sp³-hybridized carbons (Fsp3) is 0.524. The molecule has 6 heteroatoms. The van der Waals surface area contributed by atoms with Crippen LogP contribution in [0, 0.1) is 24.2 Å². The highest BCUT2D eigenvalue weighted by Gasteiger charge is 2.28. The van der Waals surface area contributed by atoms with Crippen molar-refractivity contribution < 1.29 is 9.53 Å². The van der Waals surface area contributed by atoms with Gasteiger partial charge in [-0.25, -0.2) is 4.79 Å². The van der Waals surface area contributed by atoms with Gasteiger partial charge in [-0.15, -0.1) is 0 Å². The van der Waals surface area contributed by atoms with Crippen LogP contribution in [0.15, 0.2) is 22.8 Å². The first kappa shape index (κ1) is 19.9. The number of nitriles is 1. The zero-order chi connectivity index (χ0) is 19.7. The number of hydrogen-bond donors (Lipinski definition) is 0. The van der Waals surface area contributed by atoms with Gasteiger partial charge in [-0.05, 0) is 74.2 Å². The van der Waals surface area contributed by atoms with Crippen LogP contribution in [0.25, 0.3) is 5.52 Å². The number of aromatic nitrogens is 1. The summed E-state index contributed by atoms with van der Waals surface area (Å²) < 4.78 is 8.61. The van der Waals surface area contributed by atoms with Gasteiger partial charge in [0.1, 0.15) is 0 Å². The minimum absolute atomic E-state index is 0.137. The van der Waals surface area contributed by atoms with Crippen LogP contribution < -0.4 is 0 Å². The van der Waals surface area contributed by atoms with E-state index in [1.54, 1.807) is 0 Å². The number of likely N-dealkylation sites (tertiary alicyclic amines) is 1. The van der Waals surface area contributed by atoms with Crippen LogP contribution >= 0.6 is 15.9 Å². The van der Waals surface area contributed by atoms with Crippen LogP contribution in [-0.4, -0.2) is 34.5 Å². The minimum Gasteiger partial charge on any atom is -0.459 e. The van der Waals surface area contributed by atoms with Crippen molar-refractivity contribution in [1.82, 2.24) is 9.30 Å². The van der Waals surface area contributed by atoms with Crippen LogP contribution in [0.1, 0.15) is 61.3 Å². The zero-order valence-corrected chi connectivity index (χ0v) is 17.9. The van der Waals surface area contributed by atoms with Gasteiger partial charge in [0.25, 0.3) is 0 Å². The quantitative estimate of drug-likeness (QED) is 0.647. The number of halogens is 1. The molecule has 0 radical (unpaired) electrons. The molecule has 1 fully saturated rings. The van der Waals surface area contributed by atoms with Crippen LogP contribution in [0.2, 0.25) is 0 Å². The summed E-state index contributed by atoms with van der Waals surface area (Å²) in [5, 5.41) is 9.16. The fourth-order valence-electron chi connectivity index (χ4n) is 3.93. The lowest BCUT2D eigenvalue weighted by molar-refractivity contribution is 0.0376. The lowest BCUT2D eigenvalue weighted by Gasteiger charge is -2.35. The molecule has 0 saturated carbocycles. The Kier molecular flexibility index (Phi) is 5.92. The summed E-state index contributed by atoms with van der Waals surface area (Å²) in [7, 11) is 0. The molecule has 144 valence electrons. The number of fused-ring (bicyclic) bond motifs is 1. The van der Waals surface area contributed by atoms with Gasteiger partial charge in [-0.1, -0.05) is 0 Å². The van der Waals surface area contributed by atoms with Crippen LogP contribution in [0.4, 0.5) is 0 Å². The van der Waals surface area contributed by atoms with Gasteiger partial charge in [0.05, 0.1) is 17.7 Å². The van der Waals surface area contributed by atoms with Crippen LogP contribution in [0.5, 0.6) is 0 Å². The lowest BCUT2D eigenvalue weighted by Crippen LogP contribution is -2.36. The number of esters is 1. The van der Waals surface area contributed by atoms with Crippen molar-refractivity contribution >= 4 is 27.4 Å². The maximum absolute atomic E-state index is 12.7. The molecule has 3 heterocycles. The van der Waals surface area contributed by atoms with E-state index in [0.717, 1.165) is 47.2 Å². The summed E-state index contributed by atoms with van der Waals surface area (Å²) in [5.41, 5.74) is 3.64. The summed E-state index contributed by atoms with van der Waals surface area (Å²) >= 11 is 3.56. The summed E-state index contributed by atoms with van der Waals surface area (Å²) in [6.07, 6.45) is 3.69. The number of nitrogens with zero attached hydrogens (tertiary/aromatic N) is 3. The maximum Gasteiger partial charge on any atom is 0.338 e. The smallest absolute Gasteiger partial charge is 0.338 e. The molecule has 0 amide bonds. The normalized spacial score (nSPS) is 17.2. The van der Waals surface area contributed by atoms with Gasteiger partial charge >= 0.3 is 5.97 Å². The summed E-state index contributed by atoms with van der Waals surface area (Å²) in [4.78, 5) is 15.1. The monoisotopic (exact) mass is 431 g/mol. The molecule has 1 aliphatic heterocycles. The van der Waals surface area contributed by atoms with Gasteiger partial charge in [0.15, 0.2) is 0 Å². The lowest BCUT2D eigenvalue weighted by atomic mass is 9.95. The van der Waals surface area contributed by atoms with Crippen molar-refractivity contribution in [3.8, 4) is 6.07 Å². The number of piperidine rings is 1. The zero-order valence-electron chi connectivity index (χ0n) is 16.3. The standard InChI is InChI=1S/C21H26BrN3O2/c1-13(2)27-21(26)19-10-18-9-17(22)12-25(18)20(14(19)3)15(4)24-7-5-16(11-23)6-8-24/h9-10,12-13,15-16H,5-8H2,1-4H3. The number of carbonyl (C=O) groups excluding carboxylic acids is 1. The van der Waals surface area contributed by atoms with E-state index >= 15 is 0 Å². The van der Waals surface area contributed by atoms with Crippen molar-refractivity contribution in [2.24, 2.45) is 5.92 Å². The second-order valence-corrected chi connectivity index (χ2v) is 8.51. The highest BCUT2D eigenvalue weighted by molar-refractivity contribution is 9.10. The average Bonchev–Trinajstić information content (AvgIpc) is 2.99. The Bertz CT molecular complexity index is 889. The Morgan fingerprint density at radius 1 is 1.30 bits per heavy atom. The molecule has 3 rings (SSSR count). The van der Waals surface area contributed by atoms with Crippen molar-refractivity contribution in [2.75, 3.05) is 13.1 Å². The van der Waals surface area contributed by atoms with Gasteiger partial charge in [-0.2, -0.15) is 5.26 Å². The predicted octanol–water partition coefficient (Wildman–Crippen LogP) is 4.87. The molecule has 0 aromatic carbocycles. The predicted molar refractivity (Wildman–Crippen MR) is 109 cm³/mol. The molecule has 0 bridgehead atoms. The van der Waals surface area contributed by atoms with Crippen LogP contribution in [-0.2, 0) is 4.74 Å². The third-order valence-corrected chi connectivity index (χ3v) is 5.81. The second kappa shape index (κ2) is 8.04. The first-order valence-electron chi connectivity index (χ1n) is 9.47. The van der Waals surface area contributed by atoms with Gasteiger partial charge in [0.2, 0.25) is 0 Å². The molecule has 2 aromatic heterocycles. The van der Waals surface area contributed by atoms with E-state index in [1.807, 2.05) is 39.1 Å². The van der Waals surface area contributed by atoms with Crippen molar-refractivity contribution in [2.45, 2.75) is 52.7 Å². The molecule has 1 aliphatic rings. The average molecular weight is 432 g/mol. The minimum atomic E-state index is -0.279. The third-order valence-electron chi connectivity index (χ3n) is 5.37. The Hall–Kier alpha value is -1.84. The molecular formula is C21H26BrN3O2. The Morgan fingerprint density at radius 2 is 1.96 bits per heavy atom. The fourth-order valence-corrected chi connectivity index (χ4v) is 4.37. The van der Waals surface area contributed by atoms with Gasteiger partial charge in [0, 0.05) is 46.9 Å². The number of ether oxygens (including phenoxy) is 1. The van der Waals surface area contributed by atoms with E-state index < -0.39 is 0 Å².